The summed E-state index contributed by atoms with van der Waals surface area (Å²) >= 11 is 0. The van der Waals surface area contributed by atoms with Crippen LogP contribution in [0.4, 0.5) is 0 Å². The molecule has 1 atom stereocenters. The molecule has 0 aliphatic heterocycles. The smallest absolute Gasteiger partial charge is 0.211 e. The second-order valence-electron chi connectivity index (χ2n) is 5.55. The van der Waals surface area contributed by atoms with E-state index in [4.69, 9.17) is 9.47 Å². The summed E-state index contributed by atoms with van der Waals surface area (Å²) in [7, 11) is -1.56. The molecule has 0 bridgehead atoms. The Morgan fingerprint density at radius 1 is 1.19 bits per heavy atom. The van der Waals surface area contributed by atoms with Crippen LogP contribution in [-0.2, 0) is 10.0 Å². The molecule has 1 aromatic carbocycles. The topological polar surface area (TPSA) is 101 Å². The van der Waals surface area contributed by atoms with E-state index < -0.39 is 10.0 Å². The van der Waals surface area contributed by atoms with Gasteiger partial charge in [-0.05, 0) is 32.9 Å². The van der Waals surface area contributed by atoms with Gasteiger partial charge in [0, 0.05) is 25.7 Å². The Labute approximate surface area is 156 Å². The number of hydrogen-bond acceptors (Lipinski definition) is 5. The van der Waals surface area contributed by atoms with E-state index in [-0.39, 0.29) is 11.9 Å². The Morgan fingerprint density at radius 2 is 1.92 bits per heavy atom. The number of aliphatic imine (C=N–C) groups is 1. The molecule has 0 spiro atoms. The van der Waals surface area contributed by atoms with Crippen molar-refractivity contribution in [2.24, 2.45) is 4.99 Å². The average molecular weight is 387 g/mol. The first-order valence-corrected chi connectivity index (χ1v) is 10.4. The molecule has 0 heterocycles. The first-order chi connectivity index (χ1) is 12.4. The van der Waals surface area contributed by atoms with Crippen LogP contribution in [0.5, 0.6) is 11.5 Å². The molecule has 0 amide bonds. The van der Waals surface area contributed by atoms with Crippen molar-refractivity contribution in [1.82, 2.24) is 15.4 Å². The molecule has 26 heavy (non-hydrogen) atoms. The third-order valence-corrected chi connectivity index (χ3v) is 4.75. The molecule has 9 heteroatoms. The standard InChI is InChI=1S/C17H30N4O4S/c1-5-18-17(19-10-11-21-26(22,23)6-2)20-13-14(3)25-16-9-7-8-15(12-16)24-4/h7-9,12,14,21H,5-6,10-11,13H2,1-4H3,(H2,18,19,20). The highest BCUT2D eigenvalue weighted by molar-refractivity contribution is 7.89. The molecular weight excluding hydrogens is 356 g/mol. The Balaban J connectivity index is 2.48. The maximum Gasteiger partial charge on any atom is 0.211 e. The van der Waals surface area contributed by atoms with Gasteiger partial charge in [0.15, 0.2) is 5.96 Å². The molecular formula is C17H30N4O4S. The third-order valence-electron chi connectivity index (χ3n) is 3.35. The lowest BCUT2D eigenvalue weighted by molar-refractivity contribution is 0.229. The van der Waals surface area contributed by atoms with Crippen molar-refractivity contribution in [2.45, 2.75) is 26.9 Å². The zero-order valence-electron chi connectivity index (χ0n) is 15.9. The van der Waals surface area contributed by atoms with Gasteiger partial charge in [-0.25, -0.2) is 18.1 Å². The molecule has 1 rings (SSSR count). The highest BCUT2D eigenvalue weighted by Crippen LogP contribution is 2.19. The number of sulfonamides is 1. The van der Waals surface area contributed by atoms with E-state index in [1.807, 2.05) is 38.1 Å². The number of rotatable bonds is 11. The van der Waals surface area contributed by atoms with Gasteiger partial charge in [0.25, 0.3) is 0 Å². The molecule has 3 N–H and O–H groups in total. The summed E-state index contributed by atoms with van der Waals surface area (Å²) in [4.78, 5) is 4.47. The van der Waals surface area contributed by atoms with Crippen molar-refractivity contribution in [3.05, 3.63) is 24.3 Å². The van der Waals surface area contributed by atoms with E-state index in [1.54, 1.807) is 14.0 Å². The largest absolute Gasteiger partial charge is 0.497 e. The van der Waals surface area contributed by atoms with Crippen molar-refractivity contribution < 1.29 is 17.9 Å². The number of hydrogen-bond donors (Lipinski definition) is 3. The van der Waals surface area contributed by atoms with Crippen LogP contribution < -0.4 is 24.8 Å². The van der Waals surface area contributed by atoms with E-state index in [0.29, 0.717) is 32.1 Å². The van der Waals surface area contributed by atoms with Gasteiger partial charge in [0.2, 0.25) is 10.0 Å². The molecule has 0 aromatic heterocycles. The predicted molar refractivity (Wildman–Crippen MR) is 105 cm³/mol. The summed E-state index contributed by atoms with van der Waals surface area (Å²) in [5, 5.41) is 6.21. The minimum atomic E-state index is -3.18. The highest BCUT2D eigenvalue weighted by atomic mass is 32.2. The van der Waals surface area contributed by atoms with E-state index in [0.717, 1.165) is 11.5 Å². The number of ether oxygens (including phenoxy) is 2. The minimum Gasteiger partial charge on any atom is -0.497 e. The van der Waals surface area contributed by atoms with Gasteiger partial charge in [0.05, 0.1) is 19.4 Å². The number of benzene rings is 1. The molecule has 0 fully saturated rings. The summed E-state index contributed by atoms with van der Waals surface area (Å²) in [6.45, 7) is 7.40. The zero-order valence-corrected chi connectivity index (χ0v) is 16.7. The minimum absolute atomic E-state index is 0.0697. The predicted octanol–water partition coefficient (Wildman–Crippen LogP) is 0.957. The molecule has 1 aromatic rings. The fraction of sp³-hybridized carbons (Fsp3) is 0.588. The second-order valence-corrected chi connectivity index (χ2v) is 7.65. The van der Waals surface area contributed by atoms with Crippen LogP contribution in [0.2, 0.25) is 0 Å². The lowest BCUT2D eigenvalue weighted by Crippen LogP contribution is -2.42. The molecule has 0 aliphatic carbocycles. The summed E-state index contributed by atoms with van der Waals surface area (Å²) in [5.74, 6) is 2.14. The molecule has 0 saturated carbocycles. The van der Waals surface area contributed by atoms with Crippen molar-refractivity contribution in [3.63, 3.8) is 0 Å². The van der Waals surface area contributed by atoms with Gasteiger partial charge in [-0.3, -0.25) is 0 Å². The van der Waals surface area contributed by atoms with E-state index in [2.05, 4.69) is 20.3 Å². The van der Waals surface area contributed by atoms with E-state index >= 15 is 0 Å². The Hall–Kier alpha value is -2.00. The van der Waals surface area contributed by atoms with Crippen LogP contribution in [0.3, 0.4) is 0 Å². The molecule has 0 radical (unpaired) electrons. The SMILES string of the molecule is CCNC(=NCC(C)Oc1cccc(OC)c1)NCCNS(=O)(=O)CC. The maximum absolute atomic E-state index is 11.4. The van der Waals surface area contributed by atoms with Crippen molar-refractivity contribution in [2.75, 3.05) is 39.0 Å². The first-order valence-electron chi connectivity index (χ1n) is 8.70. The number of methoxy groups -OCH3 is 1. The second kappa shape index (κ2) is 11.6. The quantitative estimate of drug-likeness (QED) is 0.297. The molecule has 0 aliphatic rings. The summed E-state index contributed by atoms with van der Waals surface area (Å²) < 4.78 is 36.3. The number of nitrogens with zero attached hydrogens (tertiary/aromatic N) is 1. The zero-order chi connectivity index (χ0) is 19.4. The monoisotopic (exact) mass is 386 g/mol. The lowest BCUT2D eigenvalue weighted by atomic mass is 10.3. The Bertz CT molecular complexity index is 664. The van der Waals surface area contributed by atoms with Gasteiger partial charge < -0.3 is 20.1 Å². The van der Waals surface area contributed by atoms with Gasteiger partial charge in [-0.1, -0.05) is 6.07 Å². The van der Waals surface area contributed by atoms with Crippen LogP contribution in [0.15, 0.2) is 29.3 Å². The van der Waals surface area contributed by atoms with E-state index in [9.17, 15) is 8.42 Å². The molecule has 1 unspecified atom stereocenters. The van der Waals surface area contributed by atoms with Crippen molar-refractivity contribution in [1.29, 1.82) is 0 Å². The number of nitrogens with one attached hydrogen (secondary N) is 3. The first kappa shape index (κ1) is 22.0. The molecule has 148 valence electrons. The molecule has 8 nitrogen and oxygen atoms in total. The Kier molecular flexibility index (Phi) is 9.82. The van der Waals surface area contributed by atoms with Gasteiger partial charge in [-0.2, -0.15) is 0 Å². The fourth-order valence-corrected chi connectivity index (χ4v) is 2.61. The maximum atomic E-state index is 11.4. The number of guanidine groups is 1. The summed E-state index contributed by atoms with van der Waals surface area (Å²) in [6, 6.07) is 7.41. The third kappa shape index (κ3) is 8.91. The van der Waals surface area contributed by atoms with Crippen molar-refractivity contribution >= 4 is 16.0 Å². The van der Waals surface area contributed by atoms with Crippen LogP contribution in [0, 0.1) is 0 Å². The Morgan fingerprint density at radius 3 is 2.58 bits per heavy atom. The highest BCUT2D eigenvalue weighted by Gasteiger charge is 2.07. The van der Waals surface area contributed by atoms with Gasteiger partial charge in [0.1, 0.15) is 17.6 Å². The van der Waals surface area contributed by atoms with Crippen LogP contribution in [0.25, 0.3) is 0 Å². The molecule has 0 saturated heterocycles. The lowest BCUT2D eigenvalue weighted by Gasteiger charge is -2.15. The van der Waals surface area contributed by atoms with Crippen LogP contribution in [0.1, 0.15) is 20.8 Å². The van der Waals surface area contributed by atoms with E-state index in [1.165, 1.54) is 0 Å². The summed E-state index contributed by atoms with van der Waals surface area (Å²) in [6.07, 6.45) is -0.129. The van der Waals surface area contributed by atoms with Gasteiger partial charge >= 0.3 is 0 Å². The normalized spacial score (nSPS) is 13.2. The van der Waals surface area contributed by atoms with Gasteiger partial charge in [-0.15, -0.1) is 0 Å². The van der Waals surface area contributed by atoms with Crippen LogP contribution in [-0.4, -0.2) is 59.5 Å². The fourth-order valence-electron chi connectivity index (χ4n) is 2.00. The van der Waals surface area contributed by atoms with Crippen LogP contribution >= 0.6 is 0 Å². The van der Waals surface area contributed by atoms with Crippen molar-refractivity contribution in [3.8, 4) is 11.5 Å². The average Bonchev–Trinajstić information content (AvgIpc) is 2.63. The summed E-state index contributed by atoms with van der Waals surface area (Å²) in [5.41, 5.74) is 0.